The van der Waals surface area contributed by atoms with Gasteiger partial charge in [0, 0.05) is 30.6 Å². The number of benzene rings is 1. The maximum atomic E-state index is 12.8. The average molecular weight is 401 g/mol. The van der Waals surface area contributed by atoms with E-state index in [4.69, 9.17) is 16.4 Å². The van der Waals surface area contributed by atoms with Crippen LogP contribution in [0.15, 0.2) is 29.4 Å². The van der Waals surface area contributed by atoms with E-state index in [2.05, 4.69) is 15.4 Å². The molecule has 1 aliphatic heterocycles. The number of oxime groups is 1. The molecule has 0 spiro atoms. The second kappa shape index (κ2) is 8.35. The van der Waals surface area contributed by atoms with Crippen LogP contribution >= 0.6 is 11.6 Å². The quantitative estimate of drug-likeness (QED) is 0.778. The van der Waals surface area contributed by atoms with E-state index < -0.39 is 6.10 Å². The van der Waals surface area contributed by atoms with Gasteiger partial charge in [0.2, 0.25) is 6.10 Å². The minimum Gasteiger partial charge on any atom is -0.382 e. The van der Waals surface area contributed by atoms with Crippen LogP contribution in [0, 0.1) is 0 Å². The molecule has 1 aromatic heterocycles. The largest absolute Gasteiger partial charge is 0.382 e. The summed E-state index contributed by atoms with van der Waals surface area (Å²) < 4.78 is 0. The van der Waals surface area contributed by atoms with E-state index in [-0.39, 0.29) is 5.91 Å². The van der Waals surface area contributed by atoms with E-state index in [1.54, 1.807) is 11.9 Å². The zero-order valence-electron chi connectivity index (χ0n) is 16.1. The van der Waals surface area contributed by atoms with Crippen molar-refractivity contribution in [3.63, 3.8) is 0 Å². The molecule has 0 bridgehead atoms. The van der Waals surface area contributed by atoms with Gasteiger partial charge in [0.05, 0.1) is 18.0 Å². The Kier molecular flexibility index (Phi) is 5.67. The topological polar surface area (TPSA) is 70.6 Å². The Labute approximate surface area is 169 Å². The Hall–Kier alpha value is -2.34. The molecule has 148 valence electrons. The van der Waals surface area contributed by atoms with Gasteiger partial charge in [-0.2, -0.15) is 5.10 Å². The van der Waals surface area contributed by atoms with Crippen molar-refractivity contribution in [2.75, 3.05) is 7.05 Å². The lowest BCUT2D eigenvalue weighted by Gasteiger charge is -2.19. The molecule has 1 unspecified atom stereocenters. The number of rotatable bonds is 5. The van der Waals surface area contributed by atoms with Crippen molar-refractivity contribution in [3.8, 4) is 0 Å². The zero-order chi connectivity index (χ0) is 19.5. The molecule has 2 heterocycles. The maximum absolute atomic E-state index is 12.8. The summed E-state index contributed by atoms with van der Waals surface area (Å²) in [5.41, 5.74) is 5.33. The molecule has 6 nitrogen and oxygen atoms in total. The van der Waals surface area contributed by atoms with E-state index in [0.717, 1.165) is 29.8 Å². The number of nitrogens with zero attached hydrogens (tertiary/aromatic N) is 3. The first-order valence-electron chi connectivity index (χ1n) is 9.86. The molecule has 7 heteroatoms. The average Bonchev–Trinajstić information content (AvgIpc) is 3.23. The second-order valence-corrected chi connectivity index (χ2v) is 8.01. The molecule has 4 rings (SSSR count). The molecular weight excluding hydrogens is 376 g/mol. The molecule has 1 aliphatic carbocycles. The van der Waals surface area contributed by atoms with Gasteiger partial charge in [-0.1, -0.05) is 41.4 Å². The highest BCUT2D eigenvalue weighted by molar-refractivity contribution is 6.31. The van der Waals surface area contributed by atoms with E-state index >= 15 is 0 Å². The van der Waals surface area contributed by atoms with Crippen LogP contribution in [0.25, 0.3) is 0 Å². The summed E-state index contributed by atoms with van der Waals surface area (Å²) in [5.74, 6) is -0.0664. The molecule has 0 radical (unpaired) electrons. The highest BCUT2D eigenvalue weighted by Crippen LogP contribution is 2.24. The minimum atomic E-state index is -0.569. The molecule has 0 saturated heterocycles. The smallest absolute Gasteiger partial charge is 0.266 e. The Morgan fingerprint density at radius 3 is 2.96 bits per heavy atom. The monoisotopic (exact) mass is 400 g/mol. The molecule has 1 atom stereocenters. The van der Waals surface area contributed by atoms with Crippen LogP contribution in [0.3, 0.4) is 0 Å². The minimum absolute atomic E-state index is 0.0664. The summed E-state index contributed by atoms with van der Waals surface area (Å²) in [6.07, 6.45) is 6.23. The van der Waals surface area contributed by atoms with Gasteiger partial charge in [-0.05, 0) is 42.9 Å². The molecule has 1 N–H and O–H groups in total. The van der Waals surface area contributed by atoms with Gasteiger partial charge in [-0.15, -0.1) is 0 Å². The number of aryl methyl sites for hydroxylation is 1. The third-order valence-electron chi connectivity index (χ3n) is 5.51. The van der Waals surface area contributed by atoms with Gasteiger partial charge in [0.1, 0.15) is 0 Å². The fourth-order valence-electron chi connectivity index (χ4n) is 3.93. The first kappa shape index (κ1) is 19.0. The number of fused-ring (bicyclic) bond motifs is 1. The fraction of sp³-hybridized carbons (Fsp3) is 0.476. The summed E-state index contributed by atoms with van der Waals surface area (Å²) in [6.45, 7) is 0.490. The summed E-state index contributed by atoms with van der Waals surface area (Å²) in [4.78, 5) is 20.0. The first-order chi connectivity index (χ1) is 13.6. The Morgan fingerprint density at radius 1 is 1.29 bits per heavy atom. The van der Waals surface area contributed by atoms with Crippen molar-refractivity contribution in [2.24, 2.45) is 5.16 Å². The Balaban J connectivity index is 1.35. The van der Waals surface area contributed by atoms with Crippen LogP contribution in [0.2, 0.25) is 5.02 Å². The second-order valence-electron chi connectivity index (χ2n) is 7.61. The third-order valence-corrected chi connectivity index (χ3v) is 5.88. The normalized spacial score (nSPS) is 18.8. The molecular formula is C21H25ClN4O2. The number of carbonyl (C=O) groups is 1. The first-order valence-corrected chi connectivity index (χ1v) is 10.2. The molecule has 1 amide bonds. The van der Waals surface area contributed by atoms with Gasteiger partial charge >= 0.3 is 0 Å². The number of amides is 1. The summed E-state index contributed by atoms with van der Waals surface area (Å²) in [6, 6.07) is 7.67. The number of H-pyrrole nitrogens is 1. The number of aromatic nitrogens is 2. The number of carbonyl (C=O) groups excluding carboxylic acids is 1. The Bertz CT molecular complexity index is 892. The maximum Gasteiger partial charge on any atom is 0.266 e. The van der Waals surface area contributed by atoms with Crippen LogP contribution in [0.1, 0.15) is 48.2 Å². The van der Waals surface area contributed by atoms with Crippen molar-refractivity contribution < 1.29 is 9.63 Å². The number of hydrogen-bond donors (Lipinski definition) is 1. The molecule has 0 saturated carbocycles. The number of halogens is 1. The van der Waals surface area contributed by atoms with Gasteiger partial charge in [-0.25, -0.2) is 0 Å². The lowest BCUT2D eigenvalue weighted by Crippen LogP contribution is -2.36. The number of likely N-dealkylation sites (N-methyl/N-ethyl adjacent to an activating group) is 1. The highest BCUT2D eigenvalue weighted by Gasteiger charge is 2.31. The van der Waals surface area contributed by atoms with Crippen LogP contribution in [-0.4, -0.2) is 39.9 Å². The summed E-state index contributed by atoms with van der Waals surface area (Å²) in [7, 11) is 1.80. The molecule has 2 aromatic rings. The van der Waals surface area contributed by atoms with Crippen LogP contribution in [0.5, 0.6) is 0 Å². The van der Waals surface area contributed by atoms with Gasteiger partial charge in [0.15, 0.2) is 0 Å². The molecule has 28 heavy (non-hydrogen) atoms. The number of aromatic amines is 1. The van der Waals surface area contributed by atoms with E-state index in [1.165, 1.54) is 30.5 Å². The Morgan fingerprint density at radius 2 is 2.11 bits per heavy atom. The lowest BCUT2D eigenvalue weighted by molar-refractivity contribution is -0.141. The van der Waals surface area contributed by atoms with E-state index in [1.807, 2.05) is 24.3 Å². The van der Waals surface area contributed by atoms with Gasteiger partial charge in [0.25, 0.3) is 5.91 Å². The van der Waals surface area contributed by atoms with Crippen molar-refractivity contribution >= 4 is 23.2 Å². The van der Waals surface area contributed by atoms with Gasteiger partial charge in [-0.3, -0.25) is 9.89 Å². The molecule has 1 aromatic carbocycles. The standard InChI is InChI=1S/C21H25ClN4O2/c1-26(13-19-16-8-3-2-4-10-18(16)23-24-19)21(27)20-12-15(25-28-20)11-14-7-5-6-9-17(14)22/h5-7,9,20H,2-4,8,10-13H2,1H3,(H,23,24). The van der Waals surface area contributed by atoms with Crippen molar-refractivity contribution in [1.29, 1.82) is 0 Å². The van der Waals surface area contributed by atoms with E-state index in [9.17, 15) is 4.79 Å². The highest BCUT2D eigenvalue weighted by atomic mass is 35.5. The van der Waals surface area contributed by atoms with Crippen molar-refractivity contribution in [2.45, 2.75) is 57.6 Å². The predicted octanol–water partition coefficient (Wildman–Crippen LogP) is 3.68. The third kappa shape index (κ3) is 4.07. The van der Waals surface area contributed by atoms with Gasteiger partial charge < -0.3 is 9.74 Å². The SMILES string of the molecule is CN(Cc1n[nH]c2c1CCCCC2)C(=O)C1CC(Cc2ccccc2Cl)=NO1. The van der Waals surface area contributed by atoms with E-state index in [0.29, 0.717) is 24.4 Å². The summed E-state index contributed by atoms with van der Waals surface area (Å²) in [5, 5.41) is 12.5. The zero-order valence-corrected chi connectivity index (χ0v) is 16.8. The van der Waals surface area contributed by atoms with Crippen LogP contribution in [0.4, 0.5) is 0 Å². The predicted molar refractivity (Wildman–Crippen MR) is 108 cm³/mol. The lowest BCUT2D eigenvalue weighted by atomic mass is 10.0. The number of nitrogens with one attached hydrogen (secondary N) is 1. The number of hydrogen-bond acceptors (Lipinski definition) is 4. The fourth-order valence-corrected chi connectivity index (χ4v) is 4.13. The molecule has 2 aliphatic rings. The van der Waals surface area contributed by atoms with Crippen LogP contribution in [-0.2, 0) is 35.4 Å². The molecule has 0 fully saturated rings. The summed E-state index contributed by atoms with van der Waals surface area (Å²) >= 11 is 6.22. The van der Waals surface area contributed by atoms with Crippen LogP contribution < -0.4 is 0 Å². The van der Waals surface area contributed by atoms with Crippen molar-refractivity contribution in [1.82, 2.24) is 15.1 Å². The van der Waals surface area contributed by atoms with Crippen molar-refractivity contribution in [3.05, 3.63) is 51.8 Å².